The largest absolute Gasteiger partial charge is 0.392 e. The molecule has 4 aromatic rings. The molecule has 0 bridgehead atoms. The molecule has 4 aromatic carbocycles. The smallest absolute Gasteiger partial charge is 0.149 e. The highest BCUT2D eigenvalue weighted by Gasteiger charge is 2.10. The van der Waals surface area contributed by atoms with E-state index in [1.165, 1.54) is 15.5 Å². The summed E-state index contributed by atoms with van der Waals surface area (Å²) < 4.78 is 0. The Bertz CT molecular complexity index is 1100. The van der Waals surface area contributed by atoms with E-state index in [0.29, 0.717) is 17.2 Å². The fourth-order valence-corrected chi connectivity index (χ4v) is 3.75. The van der Waals surface area contributed by atoms with Crippen molar-refractivity contribution in [3.8, 4) is 50.6 Å². The maximum absolute atomic E-state index is 5.59. The van der Waals surface area contributed by atoms with Crippen LogP contribution in [0.5, 0.6) is 17.2 Å². The summed E-state index contributed by atoms with van der Waals surface area (Å²) in [6, 6.07) is 29.8. The van der Waals surface area contributed by atoms with Gasteiger partial charge >= 0.3 is 0 Å². The molecule has 0 radical (unpaired) electrons. The molecule has 0 atom stereocenters. The summed E-state index contributed by atoms with van der Waals surface area (Å²) in [4.78, 5) is 16.3. The monoisotopic (exact) mass is 486 g/mol. The molecule has 6 N–H and O–H groups in total. The van der Waals surface area contributed by atoms with Crippen molar-refractivity contribution in [3.63, 3.8) is 0 Å². The lowest BCUT2D eigenvalue weighted by Crippen LogP contribution is -2.29. The van der Waals surface area contributed by atoms with Crippen LogP contribution in [0, 0.1) is 0 Å². The normalized spacial score (nSPS) is 11.2. The number of rotatable bonds is 9. The number of benzene rings is 4. The number of hydrogen-bond acceptors (Lipinski definition) is 9. The summed E-state index contributed by atoms with van der Waals surface area (Å²) in [6.07, 6.45) is 0. The zero-order valence-electron chi connectivity index (χ0n) is 20.5. The molecule has 0 aliphatic rings. The Balaban J connectivity index is 1.74. The second kappa shape index (κ2) is 11.2. The van der Waals surface area contributed by atoms with Gasteiger partial charge in [0.1, 0.15) is 17.2 Å². The lowest BCUT2D eigenvalue weighted by Gasteiger charge is -2.15. The molecule has 0 saturated carbocycles. The molecular formula is C27H30N6O3. The van der Waals surface area contributed by atoms with Gasteiger partial charge in [-0.1, -0.05) is 51.9 Å². The lowest BCUT2D eigenvalue weighted by molar-refractivity contribution is -0.0331. The van der Waals surface area contributed by atoms with Crippen LogP contribution in [0.15, 0.2) is 91.0 Å². The van der Waals surface area contributed by atoms with E-state index in [2.05, 4.69) is 18.2 Å². The van der Waals surface area contributed by atoms with Gasteiger partial charge in [0.2, 0.25) is 0 Å². The van der Waals surface area contributed by atoms with Gasteiger partial charge in [-0.25, -0.2) is 17.5 Å². The van der Waals surface area contributed by atoms with Crippen molar-refractivity contribution in [2.24, 2.45) is 17.5 Å². The molecule has 0 aliphatic carbocycles. The molecule has 36 heavy (non-hydrogen) atoms. The first-order valence-electron chi connectivity index (χ1n) is 11.2. The third-order valence-electron chi connectivity index (χ3n) is 5.24. The van der Waals surface area contributed by atoms with Crippen molar-refractivity contribution < 1.29 is 14.5 Å². The number of hydrazine groups is 3. The van der Waals surface area contributed by atoms with Crippen molar-refractivity contribution in [3.05, 3.63) is 91.0 Å². The Kier molecular flexibility index (Phi) is 7.81. The molecule has 0 spiro atoms. The van der Waals surface area contributed by atoms with Crippen LogP contribution in [0.4, 0.5) is 0 Å². The average molecular weight is 487 g/mol. The topological polar surface area (TPSA) is 115 Å². The van der Waals surface area contributed by atoms with Gasteiger partial charge in [-0.3, -0.25) is 0 Å². The van der Waals surface area contributed by atoms with Crippen molar-refractivity contribution in [1.82, 2.24) is 15.5 Å². The Morgan fingerprint density at radius 2 is 0.611 bits per heavy atom. The van der Waals surface area contributed by atoms with Gasteiger partial charge in [-0.05, 0) is 88.0 Å². The summed E-state index contributed by atoms with van der Waals surface area (Å²) >= 11 is 0. The summed E-state index contributed by atoms with van der Waals surface area (Å²) in [7, 11) is 4.90. The standard InChI is InChI=1S/C27H30N6O3/c1-31(28)34-25-10-4-19(5-11-25)22-16-23(20-6-12-26(13-7-20)35-32(2)29)18-24(17-22)21-8-14-27(15-9-21)36-33(3)30/h4-18H,28-30H2,1-3H3. The van der Waals surface area contributed by atoms with Crippen LogP contribution < -0.4 is 32.0 Å². The Morgan fingerprint density at radius 3 is 0.806 bits per heavy atom. The molecule has 186 valence electrons. The Morgan fingerprint density at radius 1 is 0.389 bits per heavy atom. The highest BCUT2D eigenvalue weighted by atomic mass is 16.7. The predicted molar refractivity (Wildman–Crippen MR) is 140 cm³/mol. The minimum absolute atomic E-state index is 0.654. The highest BCUT2D eigenvalue weighted by molar-refractivity contribution is 5.81. The number of hydrogen-bond donors (Lipinski definition) is 3. The maximum Gasteiger partial charge on any atom is 0.149 e. The van der Waals surface area contributed by atoms with Crippen LogP contribution in [0.1, 0.15) is 0 Å². The lowest BCUT2D eigenvalue weighted by atomic mass is 9.93. The summed E-state index contributed by atoms with van der Waals surface area (Å²) in [5.74, 6) is 18.7. The van der Waals surface area contributed by atoms with Crippen LogP contribution >= 0.6 is 0 Å². The van der Waals surface area contributed by atoms with E-state index in [9.17, 15) is 0 Å². The Hall–Kier alpha value is -3.96. The van der Waals surface area contributed by atoms with E-state index in [4.69, 9.17) is 32.0 Å². The fourth-order valence-electron chi connectivity index (χ4n) is 3.75. The molecule has 9 heteroatoms. The maximum atomic E-state index is 5.59. The van der Waals surface area contributed by atoms with E-state index >= 15 is 0 Å². The molecule has 4 rings (SSSR count). The van der Waals surface area contributed by atoms with Crippen LogP contribution in [0.2, 0.25) is 0 Å². The molecule has 0 fully saturated rings. The van der Waals surface area contributed by atoms with Gasteiger partial charge in [-0.15, -0.1) is 0 Å². The van der Waals surface area contributed by atoms with E-state index in [0.717, 1.165) is 33.4 Å². The van der Waals surface area contributed by atoms with Crippen molar-refractivity contribution >= 4 is 0 Å². The van der Waals surface area contributed by atoms with Gasteiger partial charge < -0.3 is 14.5 Å². The van der Waals surface area contributed by atoms with Gasteiger partial charge in [0.05, 0.1) is 0 Å². The third-order valence-corrected chi connectivity index (χ3v) is 5.24. The fraction of sp³-hybridized carbons (Fsp3) is 0.111. The summed E-state index contributed by atoms with van der Waals surface area (Å²) in [6.45, 7) is 0. The first-order chi connectivity index (χ1) is 17.3. The van der Waals surface area contributed by atoms with Gasteiger partial charge in [0.25, 0.3) is 0 Å². The number of nitrogens with zero attached hydrogens (tertiary/aromatic N) is 3. The molecule has 9 nitrogen and oxygen atoms in total. The molecule has 0 unspecified atom stereocenters. The number of nitrogens with two attached hydrogens (primary N) is 3. The van der Waals surface area contributed by atoms with Crippen molar-refractivity contribution in [2.75, 3.05) is 21.1 Å². The second-order valence-electron chi connectivity index (χ2n) is 8.28. The minimum atomic E-state index is 0.654. The van der Waals surface area contributed by atoms with Crippen LogP contribution in [-0.4, -0.2) is 36.7 Å². The molecule has 0 saturated heterocycles. The van der Waals surface area contributed by atoms with E-state index in [1.807, 2.05) is 72.8 Å². The molecule has 0 aromatic heterocycles. The second-order valence-corrected chi connectivity index (χ2v) is 8.28. The quantitative estimate of drug-likeness (QED) is 0.239. The van der Waals surface area contributed by atoms with Gasteiger partial charge in [0, 0.05) is 21.1 Å². The first kappa shape index (κ1) is 25.1. The van der Waals surface area contributed by atoms with Crippen molar-refractivity contribution in [1.29, 1.82) is 0 Å². The van der Waals surface area contributed by atoms with E-state index < -0.39 is 0 Å². The zero-order chi connectivity index (χ0) is 25.7. The minimum Gasteiger partial charge on any atom is -0.392 e. The van der Waals surface area contributed by atoms with E-state index in [-0.39, 0.29) is 0 Å². The van der Waals surface area contributed by atoms with Gasteiger partial charge in [-0.2, -0.15) is 0 Å². The summed E-state index contributed by atoms with van der Waals surface area (Å²) in [5.41, 5.74) is 6.29. The SMILES string of the molecule is CN(N)Oc1ccc(-c2cc(-c3ccc(ON(C)N)cc3)cc(-c3ccc(ON(C)N)cc3)c2)cc1. The van der Waals surface area contributed by atoms with Crippen molar-refractivity contribution in [2.45, 2.75) is 0 Å². The average Bonchev–Trinajstić information content (AvgIpc) is 2.84. The predicted octanol–water partition coefficient (Wildman–Crippen LogP) is 3.99. The first-order valence-corrected chi connectivity index (χ1v) is 11.2. The molecule has 0 aliphatic heterocycles. The number of hydroxylamine groups is 3. The Labute approximate surface area is 210 Å². The third kappa shape index (κ3) is 6.58. The van der Waals surface area contributed by atoms with E-state index in [1.54, 1.807) is 21.1 Å². The summed E-state index contributed by atoms with van der Waals surface area (Å²) in [5, 5.41) is 3.50. The van der Waals surface area contributed by atoms with Gasteiger partial charge in [0.15, 0.2) is 0 Å². The van der Waals surface area contributed by atoms with Crippen LogP contribution in [0.3, 0.4) is 0 Å². The zero-order valence-corrected chi connectivity index (χ0v) is 20.5. The molecular weight excluding hydrogens is 456 g/mol. The van der Waals surface area contributed by atoms with Crippen LogP contribution in [-0.2, 0) is 0 Å². The molecule has 0 amide bonds. The molecule has 0 heterocycles. The van der Waals surface area contributed by atoms with Crippen LogP contribution in [0.25, 0.3) is 33.4 Å². The highest BCUT2D eigenvalue weighted by Crippen LogP contribution is 2.34.